The van der Waals surface area contributed by atoms with Crippen LogP contribution in [-0.2, 0) is 4.74 Å². The summed E-state index contributed by atoms with van der Waals surface area (Å²) in [5.74, 6) is 0.484. The lowest BCUT2D eigenvalue weighted by Crippen LogP contribution is -2.39. The molecular formula is C20H24ClN3O3. The van der Waals surface area contributed by atoms with Gasteiger partial charge in [-0.15, -0.1) is 0 Å². The van der Waals surface area contributed by atoms with E-state index >= 15 is 0 Å². The summed E-state index contributed by atoms with van der Waals surface area (Å²) in [6, 6.07) is 4.64. The highest BCUT2D eigenvalue weighted by Gasteiger charge is 2.30. The zero-order valence-corrected chi connectivity index (χ0v) is 16.8. The van der Waals surface area contributed by atoms with Crippen LogP contribution in [0, 0.1) is 0 Å². The number of hydrogen-bond donors (Lipinski definition) is 1. The summed E-state index contributed by atoms with van der Waals surface area (Å²) in [7, 11) is 0. The minimum absolute atomic E-state index is 0.0314. The molecule has 1 N–H and O–H groups in total. The molecule has 1 atom stereocenters. The van der Waals surface area contributed by atoms with Crippen molar-refractivity contribution in [1.29, 1.82) is 0 Å². The van der Waals surface area contributed by atoms with Gasteiger partial charge in [0.05, 0.1) is 22.0 Å². The number of fused-ring (bicyclic) bond motifs is 1. The van der Waals surface area contributed by atoms with Gasteiger partial charge in [-0.3, -0.25) is 9.36 Å². The van der Waals surface area contributed by atoms with Gasteiger partial charge in [-0.05, 0) is 52.7 Å². The Balaban J connectivity index is 2.05. The van der Waals surface area contributed by atoms with Gasteiger partial charge in [0.15, 0.2) is 0 Å². The third-order valence-corrected chi connectivity index (χ3v) is 4.76. The molecule has 0 spiro atoms. The van der Waals surface area contributed by atoms with Crippen LogP contribution in [0.15, 0.2) is 35.1 Å². The van der Waals surface area contributed by atoms with Crippen LogP contribution in [0.2, 0.25) is 5.02 Å². The number of carbonyl (C=O) groups excluding carboxylic acids is 1. The standard InChI is InChI=1S/C20H24ClN3O3/c1-11-9-13(10-11)24-17(12(2)22-19(26)27-20(3,4)5)23-15-8-6-7-14(21)16(15)18(24)25/h6-8,12-13H,1,9-10H2,2-5H3,(H,22,26)/t12-/m0/s1. The van der Waals surface area contributed by atoms with Crippen molar-refractivity contribution in [2.75, 3.05) is 0 Å². The molecule has 7 heteroatoms. The average molecular weight is 390 g/mol. The first-order valence-corrected chi connectivity index (χ1v) is 9.31. The maximum Gasteiger partial charge on any atom is 0.408 e. The second-order valence-corrected chi connectivity index (χ2v) is 8.37. The lowest BCUT2D eigenvalue weighted by molar-refractivity contribution is 0.0504. The molecule has 1 saturated carbocycles. The number of nitrogens with zero attached hydrogens (tertiary/aromatic N) is 2. The first kappa shape index (κ1) is 19.4. The molecule has 1 fully saturated rings. The van der Waals surface area contributed by atoms with Gasteiger partial charge >= 0.3 is 6.09 Å². The van der Waals surface area contributed by atoms with Crippen molar-refractivity contribution in [3.63, 3.8) is 0 Å². The molecule has 27 heavy (non-hydrogen) atoms. The van der Waals surface area contributed by atoms with Crippen molar-refractivity contribution in [2.45, 2.75) is 58.2 Å². The maximum atomic E-state index is 13.2. The van der Waals surface area contributed by atoms with E-state index in [2.05, 4.69) is 16.9 Å². The van der Waals surface area contributed by atoms with Gasteiger partial charge in [-0.2, -0.15) is 0 Å². The Labute approximate surface area is 163 Å². The van der Waals surface area contributed by atoms with E-state index in [0.717, 1.165) is 5.57 Å². The van der Waals surface area contributed by atoms with Crippen molar-refractivity contribution in [1.82, 2.24) is 14.9 Å². The highest BCUT2D eigenvalue weighted by atomic mass is 35.5. The number of hydrogen-bond acceptors (Lipinski definition) is 4. The minimum Gasteiger partial charge on any atom is -0.444 e. The van der Waals surface area contributed by atoms with Crippen LogP contribution in [0.3, 0.4) is 0 Å². The monoisotopic (exact) mass is 389 g/mol. The minimum atomic E-state index is -0.612. The molecule has 1 aromatic carbocycles. The fourth-order valence-corrected chi connectivity index (χ4v) is 3.47. The molecule has 0 radical (unpaired) electrons. The van der Waals surface area contributed by atoms with Crippen LogP contribution in [0.25, 0.3) is 10.9 Å². The van der Waals surface area contributed by atoms with E-state index < -0.39 is 17.7 Å². The predicted octanol–water partition coefficient (Wildman–Crippen LogP) is 4.53. The molecule has 6 nitrogen and oxygen atoms in total. The van der Waals surface area contributed by atoms with Gasteiger partial charge in [-0.25, -0.2) is 9.78 Å². The van der Waals surface area contributed by atoms with E-state index in [0.29, 0.717) is 34.6 Å². The number of amides is 1. The SMILES string of the molecule is C=C1CC(n2c([C@H](C)NC(=O)OC(C)(C)C)nc3cccc(Cl)c3c2=O)C1. The average Bonchev–Trinajstić information content (AvgIpc) is 2.50. The number of carbonyl (C=O) groups is 1. The van der Waals surface area contributed by atoms with Crippen molar-refractivity contribution in [3.8, 4) is 0 Å². The van der Waals surface area contributed by atoms with Crippen molar-refractivity contribution < 1.29 is 9.53 Å². The van der Waals surface area contributed by atoms with Gasteiger partial charge in [0.1, 0.15) is 11.4 Å². The molecule has 0 aliphatic heterocycles. The number of benzene rings is 1. The first-order chi connectivity index (χ1) is 12.6. The zero-order valence-electron chi connectivity index (χ0n) is 16.0. The quantitative estimate of drug-likeness (QED) is 0.783. The summed E-state index contributed by atoms with van der Waals surface area (Å²) in [5, 5.41) is 3.54. The molecule has 0 bridgehead atoms. The summed E-state index contributed by atoms with van der Waals surface area (Å²) < 4.78 is 6.97. The number of halogens is 1. The van der Waals surface area contributed by atoms with Crippen molar-refractivity contribution in [2.24, 2.45) is 0 Å². The van der Waals surface area contributed by atoms with Crippen LogP contribution >= 0.6 is 11.6 Å². The topological polar surface area (TPSA) is 73.2 Å². The van der Waals surface area contributed by atoms with Crippen LogP contribution in [0.1, 0.15) is 58.4 Å². The molecule has 1 aliphatic rings. The maximum absolute atomic E-state index is 13.2. The smallest absolute Gasteiger partial charge is 0.408 e. The van der Waals surface area contributed by atoms with E-state index in [1.165, 1.54) is 0 Å². The van der Waals surface area contributed by atoms with Crippen LogP contribution in [0.5, 0.6) is 0 Å². The van der Waals surface area contributed by atoms with Gasteiger partial charge < -0.3 is 10.1 Å². The van der Waals surface area contributed by atoms with E-state index in [4.69, 9.17) is 16.3 Å². The Hall–Kier alpha value is -2.34. The summed E-state index contributed by atoms with van der Waals surface area (Å²) in [4.78, 5) is 30.0. The second kappa shape index (κ2) is 7.00. The Kier molecular flexibility index (Phi) is 5.04. The number of rotatable bonds is 3. The fourth-order valence-electron chi connectivity index (χ4n) is 3.22. The zero-order chi connectivity index (χ0) is 19.9. The predicted molar refractivity (Wildman–Crippen MR) is 106 cm³/mol. The Morgan fingerprint density at radius 1 is 1.41 bits per heavy atom. The summed E-state index contributed by atoms with van der Waals surface area (Å²) >= 11 is 6.26. The fraction of sp³-hybridized carbons (Fsp3) is 0.450. The Bertz CT molecular complexity index is 967. The molecule has 1 heterocycles. The molecular weight excluding hydrogens is 366 g/mol. The largest absolute Gasteiger partial charge is 0.444 e. The summed E-state index contributed by atoms with van der Waals surface area (Å²) in [5.41, 5.74) is 0.787. The Morgan fingerprint density at radius 2 is 2.07 bits per heavy atom. The van der Waals surface area contributed by atoms with Gasteiger partial charge in [0, 0.05) is 6.04 Å². The number of aromatic nitrogens is 2. The molecule has 1 amide bonds. The second-order valence-electron chi connectivity index (χ2n) is 7.96. The number of allylic oxidation sites excluding steroid dienone is 1. The van der Waals surface area contributed by atoms with E-state index in [1.54, 1.807) is 50.5 Å². The van der Waals surface area contributed by atoms with Crippen molar-refractivity contribution in [3.05, 3.63) is 51.6 Å². The van der Waals surface area contributed by atoms with Crippen LogP contribution in [-0.4, -0.2) is 21.2 Å². The van der Waals surface area contributed by atoms with Gasteiger partial charge in [0.25, 0.3) is 5.56 Å². The van der Waals surface area contributed by atoms with Crippen LogP contribution < -0.4 is 10.9 Å². The Morgan fingerprint density at radius 3 is 2.67 bits per heavy atom. The molecule has 2 aromatic rings. The molecule has 3 rings (SSSR count). The molecule has 1 aliphatic carbocycles. The van der Waals surface area contributed by atoms with E-state index in [-0.39, 0.29) is 11.6 Å². The highest BCUT2D eigenvalue weighted by Crippen LogP contribution is 2.37. The third kappa shape index (κ3) is 4.00. The molecule has 0 saturated heterocycles. The van der Waals surface area contributed by atoms with E-state index in [9.17, 15) is 9.59 Å². The number of nitrogens with one attached hydrogen (secondary N) is 1. The first-order valence-electron chi connectivity index (χ1n) is 8.93. The van der Waals surface area contributed by atoms with Crippen LogP contribution in [0.4, 0.5) is 4.79 Å². The van der Waals surface area contributed by atoms with Gasteiger partial charge in [-0.1, -0.05) is 29.8 Å². The molecule has 1 aromatic heterocycles. The molecule has 0 unspecified atom stereocenters. The lowest BCUT2D eigenvalue weighted by atomic mass is 9.87. The normalized spacial score (nSPS) is 16.1. The van der Waals surface area contributed by atoms with Crippen molar-refractivity contribution >= 4 is 28.6 Å². The van der Waals surface area contributed by atoms with E-state index in [1.807, 2.05) is 0 Å². The third-order valence-electron chi connectivity index (χ3n) is 4.44. The number of alkyl carbamates (subject to hydrolysis) is 1. The number of ether oxygens (including phenoxy) is 1. The summed E-state index contributed by atoms with van der Waals surface area (Å²) in [6.45, 7) is 11.1. The lowest BCUT2D eigenvalue weighted by Gasteiger charge is -2.33. The van der Waals surface area contributed by atoms with Gasteiger partial charge in [0.2, 0.25) is 0 Å². The highest BCUT2D eigenvalue weighted by molar-refractivity contribution is 6.35. The summed E-state index contributed by atoms with van der Waals surface area (Å²) in [6.07, 6.45) is 0.868. The molecule has 144 valence electrons.